The average Bonchev–Trinajstić information content (AvgIpc) is 3.26. The predicted octanol–water partition coefficient (Wildman–Crippen LogP) is 5.06. The molecule has 1 aliphatic carbocycles. The van der Waals surface area contributed by atoms with Crippen LogP contribution in [0.5, 0.6) is 0 Å². The van der Waals surface area contributed by atoms with Gasteiger partial charge in [-0.05, 0) is 68.1 Å². The molecule has 1 fully saturated rings. The van der Waals surface area contributed by atoms with Crippen molar-refractivity contribution >= 4 is 17.6 Å². The maximum atomic E-state index is 10.7. The molecule has 0 saturated heterocycles. The Morgan fingerprint density at radius 3 is 2.43 bits per heavy atom. The smallest absolute Gasteiger partial charge is 0.329 e. The molecule has 8 heteroatoms. The molecular weight excluding hydrogens is 492 g/mol. The lowest BCUT2D eigenvalue weighted by Crippen LogP contribution is -2.24. The van der Waals surface area contributed by atoms with Crippen molar-refractivity contribution in [2.45, 2.75) is 51.2 Å². The van der Waals surface area contributed by atoms with E-state index in [1.165, 1.54) is 0 Å². The van der Waals surface area contributed by atoms with Crippen LogP contribution in [0.3, 0.4) is 0 Å². The van der Waals surface area contributed by atoms with Crippen LogP contribution in [0.25, 0.3) is 22.4 Å². The summed E-state index contributed by atoms with van der Waals surface area (Å²) in [6, 6.07) is 17.9. The van der Waals surface area contributed by atoms with Gasteiger partial charge in [0.2, 0.25) is 0 Å². The van der Waals surface area contributed by atoms with E-state index >= 15 is 0 Å². The third-order valence-electron chi connectivity index (χ3n) is 7.12. The van der Waals surface area contributed by atoms with Gasteiger partial charge < -0.3 is 20.1 Å². The second-order valence-electron chi connectivity index (χ2n) is 9.90. The number of hydrogen-bond donors (Lipinski definition) is 3. The number of halogens is 1. The van der Waals surface area contributed by atoms with Crippen LogP contribution < -0.4 is 0 Å². The molecule has 1 saturated carbocycles. The molecule has 3 aromatic rings. The number of aliphatic hydroxyl groups excluding tert-OH is 2. The lowest BCUT2D eigenvalue weighted by Gasteiger charge is -2.28. The van der Waals surface area contributed by atoms with Crippen LogP contribution in [0.15, 0.2) is 54.6 Å². The maximum absolute atomic E-state index is 10.7. The number of aliphatic carboxylic acids is 1. The molecule has 198 valence electrons. The van der Waals surface area contributed by atoms with Gasteiger partial charge in [0.25, 0.3) is 0 Å². The van der Waals surface area contributed by atoms with Crippen molar-refractivity contribution in [2.24, 2.45) is 11.8 Å². The van der Waals surface area contributed by atoms with E-state index in [2.05, 4.69) is 16.8 Å². The minimum Gasteiger partial charge on any atom is -0.480 e. The first-order valence-corrected chi connectivity index (χ1v) is 13.3. The van der Waals surface area contributed by atoms with Gasteiger partial charge in [0, 0.05) is 28.4 Å². The van der Waals surface area contributed by atoms with Gasteiger partial charge in [-0.25, -0.2) is 4.79 Å². The van der Waals surface area contributed by atoms with E-state index < -0.39 is 12.1 Å². The number of carbonyl (C=O) groups is 1. The van der Waals surface area contributed by atoms with Crippen LogP contribution in [0.1, 0.15) is 37.8 Å². The van der Waals surface area contributed by atoms with E-state index in [0.717, 1.165) is 60.3 Å². The molecule has 7 nitrogen and oxygen atoms in total. The largest absolute Gasteiger partial charge is 0.480 e. The van der Waals surface area contributed by atoms with Gasteiger partial charge in [-0.1, -0.05) is 54.1 Å². The number of benzene rings is 2. The summed E-state index contributed by atoms with van der Waals surface area (Å²) < 4.78 is 7.42. The van der Waals surface area contributed by atoms with Crippen LogP contribution in [0.4, 0.5) is 0 Å². The molecule has 1 aliphatic rings. The molecular formula is C29H35ClN2O5. The first-order chi connectivity index (χ1) is 17.9. The highest BCUT2D eigenvalue weighted by molar-refractivity contribution is 6.30. The Kier molecular flexibility index (Phi) is 9.75. The number of nitrogens with zero attached hydrogens (tertiary/aromatic N) is 2. The van der Waals surface area contributed by atoms with Crippen molar-refractivity contribution < 1.29 is 24.9 Å². The number of carboxylic acid groups (broad SMARTS) is 1. The van der Waals surface area contributed by atoms with Crippen molar-refractivity contribution in [1.82, 2.24) is 9.78 Å². The Labute approximate surface area is 222 Å². The van der Waals surface area contributed by atoms with E-state index in [-0.39, 0.29) is 13.2 Å². The summed E-state index contributed by atoms with van der Waals surface area (Å²) >= 11 is 6.38. The number of aromatic nitrogens is 2. The fraction of sp³-hybridized carbons (Fsp3) is 0.448. The second-order valence-corrected chi connectivity index (χ2v) is 10.3. The summed E-state index contributed by atoms with van der Waals surface area (Å²) in [5.41, 5.74) is 4.91. The molecule has 3 N–H and O–H groups in total. The van der Waals surface area contributed by atoms with Crippen LogP contribution in [0.2, 0.25) is 5.02 Å². The fourth-order valence-electron chi connectivity index (χ4n) is 5.18. The van der Waals surface area contributed by atoms with E-state index in [0.29, 0.717) is 36.3 Å². The summed E-state index contributed by atoms with van der Waals surface area (Å²) in [6.45, 7) is 0.723. The minimum atomic E-state index is -0.934. The Balaban J connectivity index is 1.62. The third-order valence-corrected chi connectivity index (χ3v) is 7.35. The fourth-order valence-corrected chi connectivity index (χ4v) is 5.37. The zero-order valence-electron chi connectivity index (χ0n) is 20.9. The molecule has 1 atom stereocenters. The van der Waals surface area contributed by atoms with Gasteiger partial charge in [0.05, 0.1) is 19.3 Å². The average molecular weight is 527 g/mol. The monoisotopic (exact) mass is 526 g/mol. The molecule has 0 aliphatic heterocycles. The lowest BCUT2D eigenvalue weighted by molar-refractivity contribution is -0.142. The predicted molar refractivity (Wildman–Crippen MR) is 143 cm³/mol. The van der Waals surface area contributed by atoms with E-state index in [1.807, 2.05) is 42.5 Å². The summed E-state index contributed by atoms with van der Waals surface area (Å²) in [7, 11) is 0. The highest BCUT2D eigenvalue weighted by Gasteiger charge is 2.26. The molecule has 2 aromatic carbocycles. The normalized spacial score (nSPS) is 18.6. The molecule has 0 bridgehead atoms. The number of ether oxygens (including phenoxy) is 1. The van der Waals surface area contributed by atoms with Gasteiger partial charge in [-0.15, -0.1) is 0 Å². The Morgan fingerprint density at radius 1 is 1.05 bits per heavy atom. The van der Waals surface area contributed by atoms with Crippen molar-refractivity contribution in [3.05, 3.63) is 65.3 Å². The SMILES string of the molecule is O=C(O)COCC1CCC(Cn2nc(-c3ccccc3)c(-c3cccc(Cl)c3)c2CC[C@H](O)CO)CC1. The summed E-state index contributed by atoms with van der Waals surface area (Å²) in [5.74, 6) is -0.113. The molecule has 4 rings (SSSR count). The molecule has 0 amide bonds. The number of aliphatic hydroxyl groups is 2. The third kappa shape index (κ3) is 7.42. The topological polar surface area (TPSA) is 105 Å². The molecule has 0 spiro atoms. The Hall–Kier alpha value is -2.71. The van der Waals surface area contributed by atoms with Crippen LogP contribution in [-0.4, -0.2) is 57.0 Å². The lowest BCUT2D eigenvalue weighted by atomic mass is 9.82. The quantitative estimate of drug-likeness (QED) is 0.304. The number of carboxylic acids is 1. The van der Waals surface area contributed by atoms with Crippen molar-refractivity contribution in [1.29, 1.82) is 0 Å². The summed E-state index contributed by atoms with van der Waals surface area (Å²) in [6.07, 6.45) is 4.24. The first-order valence-electron chi connectivity index (χ1n) is 12.9. The molecule has 0 radical (unpaired) electrons. The molecule has 0 unspecified atom stereocenters. The number of rotatable bonds is 12. The van der Waals surface area contributed by atoms with Crippen LogP contribution >= 0.6 is 11.6 Å². The van der Waals surface area contributed by atoms with E-state index in [9.17, 15) is 15.0 Å². The van der Waals surface area contributed by atoms with E-state index in [1.54, 1.807) is 0 Å². The van der Waals surface area contributed by atoms with E-state index in [4.69, 9.17) is 26.5 Å². The zero-order valence-corrected chi connectivity index (χ0v) is 21.7. The molecule has 37 heavy (non-hydrogen) atoms. The molecule has 1 heterocycles. The van der Waals surface area contributed by atoms with Gasteiger partial charge >= 0.3 is 5.97 Å². The van der Waals surface area contributed by atoms with Crippen molar-refractivity contribution in [3.63, 3.8) is 0 Å². The summed E-state index contributed by atoms with van der Waals surface area (Å²) in [5, 5.41) is 34.1. The Morgan fingerprint density at radius 2 is 1.76 bits per heavy atom. The van der Waals surface area contributed by atoms with Gasteiger partial charge in [-0.2, -0.15) is 5.10 Å². The zero-order chi connectivity index (χ0) is 26.2. The summed E-state index contributed by atoms with van der Waals surface area (Å²) in [4.78, 5) is 10.7. The van der Waals surface area contributed by atoms with Gasteiger partial charge in [0.1, 0.15) is 12.3 Å². The standard InChI is InChI=1S/C29H35ClN2O5/c30-24-8-4-7-23(15-24)28-26(14-13-25(34)17-33)32(31-29(28)22-5-2-1-3-6-22)16-20-9-11-21(12-10-20)18-37-19-27(35)36/h1-8,15,20-21,25,33-34H,9-14,16-19H2,(H,35,36)/t20?,21?,25-/m0/s1. The second kappa shape index (κ2) is 13.2. The first kappa shape index (κ1) is 27.3. The van der Waals surface area contributed by atoms with Crippen LogP contribution in [0, 0.1) is 11.8 Å². The number of hydrogen-bond acceptors (Lipinski definition) is 5. The van der Waals surface area contributed by atoms with Crippen molar-refractivity contribution in [2.75, 3.05) is 19.8 Å². The minimum absolute atomic E-state index is 0.245. The van der Waals surface area contributed by atoms with Crippen molar-refractivity contribution in [3.8, 4) is 22.4 Å². The van der Waals surface area contributed by atoms with Crippen LogP contribution in [-0.2, 0) is 22.5 Å². The highest BCUT2D eigenvalue weighted by Crippen LogP contribution is 2.38. The highest BCUT2D eigenvalue weighted by atomic mass is 35.5. The van der Waals surface area contributed by atoms with Gasteiger partial charge in [0.15, 0.2) is 0 Å². The molecule has 1 aromatic heterocycles. The Bertz CT molecular complexity index is 1160. The maximum Gasteiger partial charge on any atom is 0.329 e. The van der Waals surface area contributed by atoms with Gasteiger partial charge in [-0.3, -0.25) is 4.68 Å².